The quantitative estimate of drug-likeness (QED) is 0.754. The smallest absolute Gasteiger partial charge is 0.251 e. The standard InChI is InChI=1S/C15H18N2O3/c1-11-4-2-3-5-12(11)17-14(18)10-13(15(17)19)16-6-8-20-9-7-16/h2-5,13H,6-10H2,1H3/t13-/m0/s1. The number of aryl methyl sites for hydroxylation is 1. The molecular weight excluding hydrogens is 256 g/mol. The van der Waals surface area contributed by atoms with Crippen molar-refractivity contribution in [2.75, 3.05) is 31.2 Å². The fraction of sp³-hybridized carbons (Fsp3) is 0.467. The van der Waals surface area contributed by atoms with Crippen LogP contribution in [0.4, 0.5) is 5.69 Å². The van der Waals surface area contributed by atoms with E-state index >= 15 is 0 Å². The predicted octanol–water partition coefficient (Wildman–Crippen LogP) is 0.959. The zero-order chi connectivity index (χ0) is 14.1. The van der Waals surface area contributed by atoms with Crippen LogP contribution in [-0.2, 0) is 14.3 Å². The van der Waals surface area contributed by atoms with Crippen molar-refractivity contribution in [3.05, 3.63) is 29.8 Å². The summed E-state index contributed by atoms with van der Waals surface area (Å²) in [6.45, 7) is 4.60. The second-order valence-electron chi connectivity index (χ2n) is 5.22. The average Bonchev–Trinajstić information content (AvgIpc) is 2.76. The number of nitrogens with zero attached hydrogens (tertiary/aromatic N) is 2. The number of morpholine rings is 1. The molecule has 0 saturated carbocycles. The number of carbonyl (C=O) groups excluding carboxylic acids is 2. The number of hydrogen-bond donors (Lipinski definition) is 0. The molecule has 1 aromatic rings. The van der Waals surface area contributed by atoms with Gasteiger partial charge in [0, 0.05) is 13.1 Å². The molecule has 0 aliphatic carbocycles. The fourth-order valence-corrected chi connectivity index (χ4v) is 2.86. The molecule has 0 spiro atoms. The zero-order valence-corrected chi connectivity index (χ0v) is 11.5. The second kappa shape index (κ2) is 5.34. The van der Waals surface area contributed by atoms with Crippen LogP contribution in [0.5, 0.6) is 0 Å². The molecule has 0 radical (unpaired) electrons. The zero-order valence-electron chi connectivity index (χ0n) is 11.5. The van der Waals surface area contributed by atoms with Gasteiger partial charge in [-0.05, 0) is 18.6 Å². The van der Waals surface area contributed by atoms with Gasteiger partial charge in [0.1, 0.15) is 0 Å². The van der Waals surface area contributed by atoms with Gasteiger partial charge in [-0.2, -0.15) is 0 Å². The summed E-state index contributed by atoms with van der Waals surface area (Å²) < 4.78 is 5.30. The Bertz CT molecular complexity index is 538. The van der Waals surface area contributed by atoms with Crippen molar-refractivity contribution in [3.63, 3.8) is 0 Å². The first-order chi connectivity index (χ1) is 9.68. The van der Waals surface area contributed by atoms with Crippen LogP contribution in [0.15, 0.2) is 24.3 Å². The molecule has 0 bridgehead atoms. The summed E-state index contributed by atoms with van der Waals surface area (Å²) in [4.78, 5) is 28.2. The molecule has 0 N–H and O–H groups in total. The monoisotopic (exact) mass is 274 g/mol. The van der Waals surface area contributed by atoms with Crippen LogP contribution < -0.4 is 4.90 Å². The normalized spacial score (nSPS) is 24.4. The molecule has 5 heteroatoms. The maximum Gasteiger partial charge on any atom is 0.251 e. The van der Waals surface area contributed by atoms with Crippen molar-refractivity contribution in [3.8, 4) is 0 Å². The Balaban J connectivity index is 1.85. The van der Waals surface area contributed by atoms with E-state index in [1.54, 1.807) is 0 Å². The third kappa shape index (κ3) is 2.23. The first-order valence-corrected chi connectivity index (χ1v) is 6.92. The highest BCUT2D eigenvalue weighted by molar-refractivity contribution is 6.22. The highest BCUT2D eigenvalue weighted by atomic mass is 16.5. The highest BCUT2D eigenvalue weighted by Crippen LogP contribution is 2.28. The molecule has 20 heavy (non-hydrogen) atoms. The minimum absolute atomic E-state index is 0.105. The SMILES string of the molecule is Cc1ccccc1N1C(=O)C[C@H](N2CCOCC2)C1=O. The number of para-hydroxylation sites is 1. The average molecular weight is 274 g/mol. The number of ether oxygens (including phenoxy) is 1. The Morgan fingerprint density at radius 2 is 1.85 bits per heavy atom. The van der Waals surface area contributed by atoms with E-state index in [9.17, 15) is 9.59 Å². The maximum absolute atomic E-state index is 12.6. The summed E-state index contributed by atoms with van der Waals surface area (Å²) in [6.07, 6.45) is 0.271. The van der Waals surface area contributed by atoms with Gasteiger partial charge in [0.25, 0.3) is 5.91 Å². The molecule has 2 amide bonds. The Hall–Kier alpha value is -1.72. The Morgan fingerprint density at radius 1 is 1.15 bits per heavy atom. The van der Waals surface area contributed by atoms with E-state index in [0.717, 1.165) is 5.56 Å². The van der Waals surface area contributed by atoms with Crippen LogP contribution in [0.1, 0.15) is 12.0 Å². The number of rotatable bonds is 2. The topological polar surface area (TPSA) is 49.9 Å². The third-order valence-corrected chi connectivity index (χ3v) is 3.97. The molecule has 0 unspecified atom stereocenters. The van der Waals surface area contributed by atoms with Crippen LogP contribution in [0, 0.1) is 6.92 Å². The summed E-state index contributed by atoms with van der Waals surface area (Å²) in [5.41, 5.74) is 1.65. The van der Waals surface area contributed by atoms with Gasteiger partial charge in [-0.25, -0.2) is 4.90 Å². The predicted molar refractivity (Wildman–Crippen MR) is 74.5 cm³/mol. The van der Waals surface area contributed by atoms with Crippen LogP contribution in [0.2, 0.25) is 0 Å². The van der Waals surface area contributed by atoms with Crippen LogP contribution in [-0.4, -0.2) is 49.1 Å². The molecule has 2 saturated heterocycles. The molecule has 2 fully saturated rings. The van der Waals surface area contributed by atoms with Crippen LogP contribution >= 0.6 is 0 Å². The van der Waals surface area contributed by atoms with E-state index < -0.39 is 0 Å². The van der Waals surface area contributed by atoms with E-state index in [-0.39, 0.29) is 24.3 Å². The number of benzene rings is 1. The highest BCUT2D eigenvalue weighted by Gasteiger charge is 2.43. The molecule has 106 valence electrons. The summed E-state index contributed by atoms with van der Waals surface area (Å²) >= 11 is 0. The summed E-state index contributed by atoms with van der Waals surface area (Å²) in [6, 6.07) is 7.17. The van der Waals surface area contributed by atoms with E-state index in [4.69, 9.17) is 4.74 Å². The van der Waals surface area contributed by atoms with E-state index in [0.29, 0.717) is 32.0 Å². The van der Waals surface area contributed by atoms with Crippen molar-refractivity contribution in [1.29, 1.82) is 0 Å². The number of carbonyl (C=O) groups is 2. The number of imide groups is 1. The summed E-state index contributed by atoms with van der Waals surface area (Å²) in [5.74, 6) is -0.216. The van der Waals surface area contributed by atoms with Gasteiger partial charge < -0.3 is 4.74 Å². The van der Waals surface area contributed by atoms with E-state index in [1.165, 1.54) is 4.90 Å². The lowest BCUT2D eigenvalue weighted by Crippen LogP contribution is -2.47. The van der Waals surface area contributed by atoms with Crippen molar-refractivity contribution in [2.24, 2.45) is 0 Å². The molecule has 1 aromatic carbocycles. The maximum atomic E-state index is 12.6. The van der Waals surface area contributed by atoms with Crippen molar-refractivity contribution < 1.29 is 14.3 Å². The lowest BCUT2D eigenvalue weighted by molar-refractivity contribution is -0.123. The molecular formula is C15H18N2O3. The van der Waals surface area contributed by atoms with E-state index in [1.807, 2.05) is 31.2 Å². The Kier molecular flexibility index (Phi) is 3.54. The molecule has 3 rings (SSSR count). The first kappa shape index (κ1) is 13.3. The minimum Gasteiger partial charge on any atom is -0.379 e. The Morgan fingerprint density at radius 3 is 2.55 bits per heavy atom. The minimum atomic E-state index is -0.328. The molecule has 0 aromatic heterocycles. The van der Waals surface area contributed by atoms with Gasteiger partial charge in [0.05, 0.1) is 31.4 Å². The number of hydrogen-bond acceptors (Lipinski definition) is 4. The molecule has 2 aliphatic rings. The fourth-order valence-electron chi connectivity index (χ4n) is 2.86. The summed E-state index contributed by atoms with van der Waals surface area (Å²) in [7, 11) is 0. The molecule has 1 atom stereocenters. The number of amides is 2. The van der Waals surface area contributed by atoms with Crippen LogP contribution in [0.25, 0.3) is 0 Å². The van der Waals surface area contributed by atoms with Gasteiger partial charge in [-0.1, -0.05) is 18.2 Å². The molecule has 2 heterocycles. The number of anilines is 1. The molecule has 2 aliphatic heterocycles. The van der Waals surface area contributed by atoms with Crippen LogP contribution in [0.3, 0.4) is 0 Å². The lowest BCUT2D eigenvalue weighted by Gasteiger charge is -2.30. The largest absolute Gasteiger partial charge is 0.379 e. The van der Waals surface area contributed by atoms with Crippen molar-refractivity contribution in [2.45, 2.75) is 19.4 Å². The Labute approximate surface area is 118 Å². The van der Waals surface area contributed by atoms with Gasteiger partial charge in [0.15, 0.2) is 0 Å². The first-order valence-electron chi connectivity index (χ1n) is 6.92. The third-order valence-electron chi connectivity index (χ3n) is 3.97. The van der Waals surface area contributed by atoms with Gasteiger partial charge in [-0.3, -0.25) is 14.5 Å². The van der Waals surface area contributed by atoms with Gasteiger partial charge in [0.2, 0.25) is 5.91 Å². The second-order valence-corrected chi connectivity index (χ2v) is 5.22. The van der Waals surface area contributed by atoms with Gasteiger partial charge >= 0.3 is 0 Å². The van der Waals surface area contributed by atoms with Gasteiger partial charge in [-0.15, -0.1) is 0 Å². The van der Waals surface area contributed by atoms with E-state index in [2.05, 4.69) is 4.90 Å². The lowest BCUT2D eigenvalue weighted by atomic mass is 10.2. The van der Waals surface area contributed by atoms with Crippen molar-refractivity contribution >= 4 is 17.5 Å². The molecule has 5 nitrogen and oxygen atoms in total. The van der Waals surface area contributed by atoms with Crippen molar-refractivity contribution in [1.82, 2.24) is 4.90 Å². The summed E-state index contributed by atoms with van der Waals surface area (Å²) in [5, 5.41) is 0.